The minimum Gasteiger partial charge on any atom is -0.500 e. The molecule has 1 aromatic rings. The highest BCUT2D eigenvalue weighted by Gasteiger charge is 2.51. The van der Waals surface area contributed by atoms with Crippen LogP contribution in [0.1, 0.15) is 45.7 Å². The van der Waals surface area contributed by atoms with Gasteiger partial charge in [0.15, 0.2) is 0 Å². The van der Waals surface area contributed by atoms with Crippen LogP contribution in [-0.4, -0.2) is 58.1 Å². The zero-order valence-electron chi connectivity index (χ0n) is 17.9. The number of anilines is 1. The number of hydrogen-bond donors (Lipinski definition) is 1. The molecule has 0 spiro atoms. The normalized spacial score (nSPS) is 20.6. The Kier molecular flexibility index (Phi) is 6.28. The molecule has 1 atom stereocenters. The highest BCUT2D eigenvalue weighted by atomic mass is 19.3. The summed E-state index contributed by atoms with van der Waals surface area (Å²) in [5, 5.41) is 2.52. The summed E-state index contributed by atoms with van der Waals surface area (Å²) in [7, 11) is 1.57. The first-order chi connectivity index (χ1) is 14.5. The number of amides is 2. The van der Waals surface area contributed by atoms with E-state index in [-0.39, 0.29) is 5.82 Å². The van der Waals surface area contributed by atoms with Crippen LogP contribution < -0.4 is 5.32 Å². The lowest BCUT2D eigenvalue weighted by Crippen LogP contribution is -2.45. The molecule has 0 aromatic carbocycles. The number of carbonyl (C=O) groups excluding carboxylic acids is 2. The number of halogens is 2. The Bertz CT molecular complexity index is 924. The molecular formula is C21H26F2N4O4. The Hall–Kier alpha value is -3.04. The van der Waals surface area contributed by atoms with E-state index < -0.39 is 42.5 Å². The molecule has 2 amide bonds. The summed E-state index contributed by atoms with van der Waals surface area (Å²) in [6, 6.07) is 0.152. The van der Waals surface area contributed by atoms with Gasteiger partial charge in [-0.3, -0.25) is 9.69 Å². The van der Waals surface area contributed by atoms with Crippen molar-refractivity contribution in [2.45, 2.75) is 57.6 Å². The first-order valence-electron chi connectivity index (χ1n) is 9.93. The van der Waals surface area contributed by atoms with Crippen LogP contribution in [0.25, 0.3) is 5.57 Å². The van der Waals surface area contributed by atoms with E-state index in [1.165, 1.54) is 12.4 Å². The summed E-state index contributed by atoms with van der Waals surface area (Å²) in [5.41, 5.74) is 0.408. The van der Waals surface area contributed by atoms with Gasteiger partial charge in [0.25, 0.3) is 5.92 Å². The molecule has 1 unspecified atom stereocenters. The maximum absolute atomic E-state index is 14.0. The Labute approximate surface area is 179 Å². The average molecular weight is 436 g/mol. The van der Waals surface area contributed by atoms with Crippen LogP contribution in [0.15, 0.2) is 30.3 Å². The van der Waals surface area contributed by atoms with E-state index in [1.54, 1.807) is 27.9 Å². The van der Waals surface area contributed by atoms with E-state index >= 15 is 0 Å². The number of hydrogen-bond acceptors (Lipinski definition) is 6. The molecule has 0 radical (unpaired) electrons. The molecule has 8 nitrogen and oxygen atoms in total. The van der Waals surface area contributed by atoms with Gasteiger partial charge in [0, 0.05) is 24.5 Å². The number of aromatic nitrogens is 2. The lowest BCUT2D eigenvalue weighted by molar-refractivity contribution is -0.120. The smallest absolute Gasteiger partial charge is 0.411 e. The number of methoxy groups -OCH3 is 1. The van der Waals surface area contributed by atoms with E-state index in [1.807, 2.05) is 12.2 Å². The Morgan fingerprint density at radius 1 is 1.29 bits per heavy atom. The van der Waals surface area contributed by atoms with Crippen LogP contribution in [0.5, 0.6) is 0 Å². The number of alkyl halides is 2. The molecule has 10 heteroatoms. The SMILES string of the molecule is COC1=C(c2cc(NC(=O)C3CC(F)(F)CN3C(=O)OC(C)(C)C)ncn2)C=CCC1. The summed E-state index contributed by atoms with van der Waals surface area (Å²) in [6.07, 6.45) is 4.93. The predicted molar refractivity (Wildman–Crippen MR) is 109 cm³/mol. The standard InChI is InChI=1S/C21H26F2N4O4/c1-20(2,3)31-19(29)27-11-21(22,23)10-15(27)18(28)26-17-9-14(24-12-25-17)13-7-5-6-8-16(13)30-4/h5,7,9,12,15H,6,8,10-11H2,1-4H3,(H,24,25,26,28). The molecule has 2 heterocycles. The minimum absolute atomic E-state index is 0.135. The molecule has 1 N–H and O–H groups in total. The van der Waals surface area contributed by atoms with Gasteiger partial charge in [0.05, 0.1) is 19.3 Å². The predicted octanol–water partition coefficient (Wildman–Crippen LogP) is 3.77. The zero-order chi connectivity index (χ0) is 22.8. The van der Waals surface area contributed by atoms with Gasteiger partial charge in [-0.05, 0) is 27.2 Å². The van der Waals surface area contributed by atoms with Gasteiger partial charge in [0.1, 0.15) is 29.5 Å². The van der Waals surface area contributed by atoms with Gasteiger partial charge in [-0.25, -0.2) is 23.5 Å². The lowest BCUT2D eigenvalue weighted by Gasteiger charge is -2.27. The second-order valence-electron chi connectivity index (χ2n) is 8.44. The van der Waals surface area contributed by atoms with Crippen LogP contribution in [-0.2, 0) is 14.3 Å². The van der Waals surface area contributed by atoms with Crippen molar-refractivity contribution in [3.63, 3.8) is 0 Å². The average Bonchev–Trinajstić information content (AvgIpc) is 3.03. The van der Waals surface area contributed by atoms with Gasteiger partial charge < -0.3 is 14.8 Å². The van der Waals surface area contributed by atoms with Gasteiger partial charge in [-0.1, -0.05) is 12.2 Å². The molecule has 3 rings (SSSR count). The first kappa shape index (κ1) is 22.6. The molecule has 1 aliphatic heterocycles. The third kappa shape index (κ3) is 5.56. The monoisotopic (exact) mass is 436 g/mol. The van der Waals surface area contributed by atoms with Gasteiger partial charge in [-0.2, -0.15) is 0 Å². The summed E-state index contributed by atoms with van der Waals surface area (Å²) < 4.78 is 38.7. The van der Waals surface area contributed by atoms with Gasteiger partial charge >= 0.3 is 6.09 Å². The number of rotatable bonds is 4. The summed E-state index contributed by atoms with van der Waals surface area (Å²) in [5.74, 6) is -3.07. The zero-order valence-corrected chi connectivity index (χ0v) is 17.9. The van der Waals surface area contributed by atoms with E-state index in [2.05, 4.69) is 15.3 Å². The molecule has 1 aliphatic carbocycles. The molecule has 0 bridgehead atoms. The Morgan fingerprint density at radius 2 is 2.03 bits per heavy atom. The third-order valence-electron chi connectivity index (χ3n) is 4.76. The molecule has 1 saturated heterocycles. The largest absolute Gasteiger partial charge is 0.500 e. The summed E-state index contributed by atoms with van der Waals surface area (Å²) in [6.45, 7) is 3.99. The van der Waals surface area contributed by atoms with Crippen molar-refractivity contribution in [3.05, 3.63) is 36.0 Å². The van der Waals surface area contributed by atoms with Crippen LogP contribution >= 0.6 is 0 Å². The van der Waals surface area contributed by atoms with Crippen LogP contribution in [0, 0.1) is 0 Å². The number of carbonyl (C=O) groups is 2. The number of nitrogens with zero attached hydrogens (tertiary/aromatic N) is 3. The molecule has 1 fully saturated rings. The van der Waals surface area contributed by atoms with Crippen LogP contribution in [0.3, 0.4) is 0 Å². The first-order valence-corrected chi connectivity index (χ1v) is 9.93. The van der Waals surface area contributed by atoms with E-state index in [4.69, 9.17) is 9.47 Å². The third-order valence-corrected chi connectivity index (χ3v) is 4.76. The fraction of sp³-hybridized carbons (Fsp3) is 0.524. The number of ether oxygens (including phenoxy) is 2. The van der Waals surface area contributed by atoms with Crippen LogP contribution in [0.2, 0.25) is 0 Å². The summed E-state index contributed by atoms with van der Waals surface area (Å²) in [4.78, 5) is 34.2. The van der Waals surface area contributed by atoms with E-state index in [0.717, 1.165) is 29.1 Å². The van der Waals surface area contributed by atoms with Crippen LogP contribution in [0.4, 0.5) is 19.4 Å². The summed E-state index contributed by atoms with van der Waals surface area (Å²) >= 11 is 0. The molecule has 1 aromatic heterocycles. The molecule has 0 saturated carbocycles. The number of allylic oxidation sites excluding steroid dienone is 4. The van der Waals surface area contributed by atoms with E-state index in [0.29, 0.717) is 5.69 Å². The van der Waals surface area contributed by atoms with E-state index in [9.17, 15) is 18.4 Å². The lowest BCUT2D eigenvalue weighted by atomic mass is 10.0. The minimum atomic E-state index is -3.19. The van der Waals surface area contributed by atoms with Crippen molar-refractivity contribution in [3.8, 4) is 0 Å². The van der Waals surface area contributed by atoms with Crippen molar-refractivity contribution in [1.29, 1.82) is 0 Å². The van der Waals surface area contributed by atoms with Gasteiger partial charge in [0.2, 0.25) is 5.91 Å². The quantitative estimate of drug-likeness (QED) is 0.772. The van der Waals surface area contributed by atoms with Crippen molar-refractivity contribution in [2.75, 3.05) is 19.0 Å². The van der Waals surface area contributed by atoms with Crippen molar-refractivity contribution < 1.29 is 27.8 Å². The van der Waals surface area contributed by atoms with Crippen molar-refractivity contribution in [2.24, 2.45) is 0 Å². The fourth-order valence-corrected chi connectivity index (χ4v) is 3.43. The fourth-order valence-electron chi connectivity index (χ4n) is 3.43. The Morgan fingerprint density at radius 3 is 2.71 bits per heavy atom. The molecule has 168 valence electrons. The molecule has 31 heavy (non-hydrogen) atoms. The Balaban J connectivity index is 1.79. The second kappa shape index (κ2) is 8.60. The second-order valence-corrected chi connectivity index (χ2v) is 8.44. The highest BCUT2D eigenvalue weighted by Crippen LogP contribution is 2.34. The number of nitrogens with one attached hydrogen (secondary N) is 1. The molecular weight excluding hydrogens is 410 g/mol. The number of likely N-dealkylation sites (tertiary alicyclic amines) is 1. The molecule has 2 aliphatic rings. The maximum Gasteiger partial charge on any atom is 0.411 e. The van der Waals surface area contributed by atoms with Gasteiger partial charge in [-0.15, -0.1) is 0 Å². The van der Waals surface area contributed by atoms with Crippen molar-refractivity contribution in [1.82, 2.24) is 14.9 Å². The highest BCUT2D eigenvalue weighted by molar-refractivity contribution is 5.96. The topological polar surface area (TPSA) is 93.7 Å². The van der Waals surface area contributed by atoms with Crippen molar-refractivity contribution >= 4 is 23.4 Å². The maximum atomic E-state index is 14.0.